The summed E-state index contributed by atoms with van der Waals surface area (Å²) in [6.45, 7) is 0. The minimum absolute atomic E-state index is 0.277. The van der Waals surface area contributed by atoms with Crippen LogP contribution in [0.1, 0.15) is 24.8 Å². The van der Waals surface area contributed by atoms with Gasteiger partial charge >= 0.3 is 0 Å². The molecule has 17 heavy (non-hydrogen) atoms. The Morgan fingerprint density at radius 1 is 1.24 bits per heavy atom. The summed E-state index contributed by atoms with van der Waals surface area (Å²) in [4.78, 5) is 0. The van der Waals surface area contributed by atoms with Gasteiger partial charge in [-0.3, -0.25) is 0 Å². The number of ether oxygens (including phenoxy) is 1. The highest BCUT2D eigenvalue weighted by molar-refractivity contribution is 6.21. The number of halogens is 1. The molecule has 0 spiro atoms. The summed E-state index contributed by atoms with van der Waals surface area (Å²) >= 11 is 6.58. The Morgan fingerprint density at radius 3 is 2.65 bits per heavy atom. The van der Waals surface area contributed by atoms with Crippen molar-refractivity contribution in [3.8, 4) is 5.75 Å². The molecule has 2 saturated carbocycles. The van der Waals surface area contributed by atoms with E-state index < -0.39 is 0 Å². The van der Waals surface area contributed by atoms with Gasteiger partial charge in [-0.2, -0.15) is 0 Å². The third-order valence-electron chi connectivity index (χ3n) is 4.40. The third kappa shape index (κ3) is 2.30. The minimum Gasteiger partial charge on any atom is -0.496 e. The highest BCUT2D eigenvalue weighted by Gasteiger charge is 2.47. The Morgan fingerprint density at radius 2 is 1.94 bits per heavy atom. The molecule has 0 bridgehead atoms. The molecule has 0 amide bonds. The van der Waals surface area contributed by atoms with Gasteiger partial charge in [-0.15, -0.1) is 11.6 Å². The van der Waals surface area contributed by atoms with Crippen molar-refractivity contribution in [3.05, 3.63) is 29.8 Å². The summed E-state index contributed by atoms with van der Waals surface area (Å²) in [5.74, 6) is 3.73. The molecule has 3 rings (SSSR count). The van der Waals surface area contributed by atoms with Crippen molar-refractivity contribution in [3.63, 3.8) is 0 Å². The molecule has 0 aliphatic heterocycles. The zero-order valence-corrected chi connectivity index (χ0v) is 11.0. The number of hydrogen-bond donors (Lipinski definition) is 0. The SMILES string of the molecule is COc1ccccc1CC(Cl)C1CC2CC2C1. The van der Waals surface area contributed by atoms with Crippen molar-refractivity contribution in [2.75, 3.05) is 7.11 Å². The predicted octanol–water partition coefficient (Wildman–Crippen LogP) is 3.89. The second-order valence-corrected chi connectivity index (χ2v) is 6.08. The molecule has 3 unspecified atom stereocenters. The first-order valence-electron chi connectivity index (χ1n) is 6.54. The van der Waals surface area contributed by atoms with Gasteiger partial charge in [0.15, 0.2) is 0 Å². The largest absolute Gasteiger partial charge is 0.496 e. The first kappa shape index (κ1) is 11.4. The first-order chi connectivity index (χ1) is 8.28. The fourth-order valence-corrected chi connectivity index (χ4v) is 3.68. The molecule has 0 aromatic heterocycles. The Balaban J connectivity index is 1.65. The molecule has 1 nitrogen and oxygen atoms in total. The van der Waals surface area contributed by atoms with E-state index in [0.717, 1.165) is 29.9 Å². The van der Waals surface area contributed by atoms with Crippen LogP contribution in [0, 0.1) is 17.8 Å². The highest BCUT2D eigenvalue weighted by Crippen LogP contribution is 2.56. The van der Waals surface area contributed by atoms with E-state index in [4.69, 9.17) is 16.3 Å². The molecule has 0 saturated heterocycles. The summed E-state index contributed by atoms with van der Waals surface area (Å²) in [7, 11) is 1.73. The number of benzene rings is 1. The van der Waals surface area contributed by atoms with E-state index in [1.807, 2.05) is 12.1 Å². The number of hydrogen-bond acceptors (Lipinski definition) is 1. The van der Waals surface area contributed by atoms with E-state index in [1.165, 1.54) is 24.8 Å². The molecule has 0 radical (unpaired) electrons. The van der Waals surface area contributed by atoms with Crippen LogP contribution in [0.2, 0.25) is 0 Å². The summed E-state index contributed by atoms with van der Waals surface area (Å²) in [6, 6.07) is 8.22. The fraction of sp³-hybridized carbons (Fsp3) is 0.600. The normalized spacial score (nSPS) is 32.0. The minimum atomic E-state index is 0.277. The number of fused-ring (bicyclic) bond motifs is 1. The van der Waals surface area contributed by atoms with Crippen LogP contribution >= 0.6 is 11.6 Å². The van der Waals surface area contributed by atoms with Crippen LogP contribution in [0.4, 0.5) is 0 Å². The molecule has 3 atom stereocenters. The lowest BCUT2D eigenvalue weighted by Crippen LogP contribution is -2.16. The van der Waals surface area contributed by atoms with E-state index in [-0.39, 0.29) is 5.38 Å². The van der Waals surface area contributed by atoms with Gasteiger partial charge in [-0.05, 0) is 55.1 Å². The maximum absolute atomic E-state index is 6.58. The molecule has 0 N–H and O–H groups in total. The van der Waals surface area contributed by atoms with Gasteiger partial charge in [-0.25, -0.2) is 0 Å². The van der Waals surface area contributed by atoms with E-state index in [2.05, 4.69) is 12.1 Å². The average Bonchev–Trinajstić information content (AvgIpc) is 2.96. The Bertz CT molecular complexity index is 394. The molecule has 2 aliphatic carbocycles. The van der Waals surface area contributed by atoms with Crippen LogP contribution in [0.15, 0.2) is 24.3 Å². The number of rotatable bonds is 4. The molecule has 2 fully saturated rings. The van der Waals surface area contributed by atoms with Gasteiger partial charge in [0.2, 0.25) is 0 Å². The molecule has 1 aromatic carbocycles. The second kappa shape index (κ2) is 4.53. The van der Waals surface area contributed by atoms with Crippen molar-refractivity contribution in [2.24, 2.45) is 17.8 Å². The standard InChI is InChI=1S/C15H19ClO/c1-17-15-5-3-2-4-10(15)9-14(16)13-7-11-6-12(11)8-13/h2-5,11-14H,6-9H2,1H3. The van der Waals surface area contributed by atoms with Crippen molar-refractivity contribution in [1.29, 1.82) is 0 Å². The van der Waals surface area contributed by atoms with Crippen LogP contribution in [-0.4, -0.2) is 12.5 Å². The van der Waals surface area contributed by atoms with Crippen molar-refractivity contribution in [2.45, 2.75) is 31.1 Å². The topological polar surface area (TPSA) is 9.23 Å². The zero-order chi connectivity index (χ0) is 11.8. The molecule has 2 heteroatoms. The van der Waals surface area contributed by atoms with Crippen LogP contribution in [0.3, 0.4) is 0 Å². The van der Waals surface area contributed by atoms with E-state index in [0.29, 0.717) is 0 Å². The van der Waals surface area contributed by atoms with E-state index >= 15 is 0 Å². The van der Waals surface area contributed by atoms with Crippen molar-refractivity contribution in [1.82, 2.24) is 0 Å². The van der Waals surface area contributed by atoms with Crippen LogP contribution in [0.5, 0.6) is 5.75 Å². The van der Waals surface area contributed by atoms with Gasteiger partial charge in [-0.1, -0.05) is 18.2 Å². The lowest BCUT2D eigenvalue weighted by atomic mass is 9.94. The average molecular weight is 251 g/mol. The summed E-state index contributed by atoms with van der Waals surface area (Å²) in [5, 5.41) is 0.277. The maximum Gasteiger partial charge on any atom is 0.122 e. The van der Waals surface area contributed by atoms with Crippen molar-refractivity contribution >= 4 is 11.6 Å². The zero-order valence-electron chi connectivity index (χ0n) is 10.2. The summed E-state index contributed by atoms with van der Waals surface area (Å²) in [6.07, 6.45) is 5.12. The number of alkyl halides is 1. The number of para-hydroxylation sites is 1. The smallest absolute Gasteiger partial charge is 0.122 e. The van der Waals surface area contributed by atoms with Gasteiger partial charge in [0.25, 0.3) is 0 Å². The molecule has 2 aliphatic rings. The summed E-state index contributed by atoms with van der Waals surface area (Å²) < 4.78 is 5.38. The fourth-order valence-electron chi connectivity index (χ4n) is 3.31. The highest BCUT2D eigenvalue weighted by atomic mass is 35.5. The van der Waals surface area contributed by atoms with Gasteiger partial charge in [0.05, 0.1) is 7.11 Å². The van der Waals surface area contributed by atoms with E-state index in [9.17, 15) is 0 Å². The van der Waals surface area contributed by atoms with E-state index in [1.54, 1.807) is 7.11 Å². The second-order valence-electron chi connectivity index (χ2n) is 5.52. The Hall–Kier alpha value is -0.690. The number of methoxy groups -OCH3 is 1. The van der Waals surface area contributed by atoms with Gasteiger partial charge in [0.1, 0.15) is 5.75 Å². The van der Waals surface area contributed by atoms with Gasteiger partial charge in [0, 0.05) is 5.38 Å². The molecule has 1 aromatic rings. The Labute approximate surface area is 108 Å². The third-order valence-corrected chi connectivity index (χ3v) is 4.91. The lowest BCUT2D eigenvalue weighted by molar-refractivity contribution is 0.404. The van der Waals surface area contributed by atoms with Crippen molar-refractivity contribution < 1.29 is 4.74 Å². The molecule has 0 heterocycles. The quantitative estimate of drug-likeness (QED) is 0.737. The summed E-state index contributed by atoms with van der Waals surface area (Å²) in [5.41, 5.74) is 1.25. The van der Waals surface area contributed by atoms with Crippen LogP contribution in [-0.2, 0) is 6.42 Å². The van der Waals surface area contributed by atoms with Gasteiger partial charge < -0.3 is 4.74 Å². The predicted molar refractivity (Wildman–Crippen MR) is 70.7 cm³/mol. The molecular weight excluding hydrogens is 232 g/mol. The first-order valence-corrected chi connectivity index (χ1v) is 6.97. The van der Waals surface area contributed by atoms with Crippen LogP contribution < -0.4 is 4.74 Å². The lowest BCUT2D eigenvalue weighted by Gasteiger charge is -2.19. The Kier molecular flexibility index (Phi) is 3.04. The molecule has 92 valence electrons. The van der Waals surface area contributed by atoms with Crippen LogP contribution in [0.25, 0.3) is 0 Å². The maximum atomic E-state index is 6.58. The molecular formula is C15H19ClO. The monoisotopic (exact) mass is 250 g/mol.